The maximum Gasteiger partial charge on any atom is 0.205 e. The van der Waals surface area contributed by atoms with Gasteiger partial charge in [0, 0.05) is 18.4 Å². The molecule has 24 heavy (non-hydrogen) atoms. The first-order chi connectivity index (χ1) is 11.2. The Kier molecular flexibility index (Phi) is 4.11. The summed E-state index contributed by atoms with van der Waals surface area (Å²) in [6.45, 7) is 4.00. The van der Waals surface area contributed by atoms with Crippen molar-refractivity contribution in [2.45, 2.75) is 32.6 Å². The fraction of sp³-hybridized carbons (Fsp3) is 0.333. The van der Waals surface area contributed by atoms with Gasteiger partial charge in [-0.3, -0.25) is 4.79 Å². The van der Waals surface area contributed by atoms with Crippen LogP contribution in [0.5, 0.6) is 0 Å². The summed E-state index contributed by atoms with van der Waals surface area (Å²) < 4.78 is 5.64. The zero-order chi connectivity index (χ0) is 17.6. The Balaban J connectivity index is 2.24. The average molecular weight is 363 g/mol. The third-order valence-corrected chi connectivity index (χ3v) is 5.20. The van der Waals surface area contributed by atoms with E-state index in [1.165, 1.54) is 0 Å². The molecule has 3 rings (SSSR count). The monoisotopic (exact) mass is 362 g/mol. The van der Waals surface area contributed by atoms with E-state index in [-0.39, 0.29) is 22.7 Å². The van der Waals surface area contributed by atoms with E-state index in [1.807, 2.05) is 13.8 Å². The summed E-state index contributed by atoms with van der Waals surface area (Å²) >= 11 is 12.5. The van der Waals surface area contributed by atoms with E-state index in [2.05, 4.69) is 6.07 Å². The Morgan fingerprint density at radius 2 is 2.04 bits per heavy atom. The molecule has 0 fully saturated rings. The van der Waals surface area contributed by atoms with Gasteiger partial charge in [0.15, 0.2) is 5.78 Å². The smallest absolute Gasteiger partial charge is 0.205 e. The molecule has 1 aliphatic carbocycles. The number of Topliss-reactive ketones (excluding diaryl/α,β-unsaturated/α-hetero) is 1. The molecule has 0 spiro atoms. The third-order valence-electron chi connectivity index (χ3n) is 4.37. The van der Waals surface area contributed by atoms with Crippen LogP contribution in [0.4, 0.5) is 0 Å². The van der Waals surface area contributed by atoms with E-state index < -0.39 is 5.92 Å². The van der Waals surface area contributed by atoms with E-state index in [1.54, 1.807) is 18.2 Å². The number of nitriles is 1. The van der Waals surface area contributed by atoms with Gasteiger partial charge >= 0.3 is 0 Å². The molecule has 2 aliphatic rings. The summed E-state index contributed by atoms with van der Waals surface area (Å²) in [5.74, 6) is -0.160. The van der Waals surface area contributed by atoms with Gasteiger partial charge in [-0.2, -0.15) is 5.26 Å². The van der Waals surface area contributed by atoms with Crippen molar-refractivity contribution in [1.82, 2.24) is 0 Å². The zero-order valence-corrected chi connectivity index (χ0v) is 14.8. The molecule has 1 aliphatic heterocycles. The highest BCUT2D eigenvalue weighted by Gasteiger charge is 2.43. The predicted molar refractivity (Wildman–Crippen MR) is 92.2 cm³/mol. The van der Waals surface area contributed by atoms with Gasteiger partial charge in [-0.15, -0.1) is 0 Å². The minimum Gasteiger partial charge on any atom is -0.444 e. The van der Waals surface area contributed by atoms with Gasteiger partial charge in [0.2, 0.25) is 5.88 Å². The predicted octanol–water partition coefficient (Wildman–Crippen LogP) is 4.44. The first-order valence-corrected chi connectivity index (χ1v) is 8.28. The number of carbonyl (C=O) groups is 1. The molecule has 1 aromatic carbocycles. The van der Waals surface area contributed by atoms with Crippen molar-refractivity contribution in [2.24, 2.45) is 11.1 Å². The van der Waals surface area contributed by atoms with Gasteiger partial charge in [0.25, 0.3) is 0 Å². The molecule has 0 saturated heterocycles. The topological polar surface area (TPSA) is 76.1 Å². The number of carbonyl (C=O) groups excluding carboxylic acids is 1. The Labute approximate surface area is 150 Å². The largest absolute Gasteiger partial charge is 0.444 e. The van der Waals surface area contributed by atoms with Crippen molar-refractivity contribution in [3.63, 3.8) is 0 Å². The maximum atomic E-state index is 12.8. The fourth-order valence-corrected chi connectivity index (χ4v) is 3.76. The SMILES string of the molecule is CC1(C)CC(=O)C2=C(C1)OC(N)=C(C#N)C2c1cccc(Cl)c1Cl. The first-order valence-electron chi connectivity index (χ1n) is 7.53. The van der Waals surface area contributed by atoms with E-state index in [4.69, 9.17) is 33.7 Å². The summed E-state index contributed by atoms with van der Waals surface area (Å²) in [5, 5.41) is 10.2. The minimum absolute atomic E-state index is 0.0165. The number of nitrogens with two attached hydrogens (primary N) is 1. The average Bonchev–Trinajstić information content (AvgIpc) is 2.47. The van der Waals surface area contributed by atoms with Crippen molar-refractivity contribution >= 4 is 29.0 Å². The number of benzene rings is 1. The van der Waals surface area contributed by atoms with Gasteiger partial charge in [-0.05, 0) is 17.0 Å². The summed E-state index contributed by atoms with van der Waals surface area (Å²) in [7, 11) is 0. The van der Waals surface area contributed by atoms with Crippen LogP contribution in [-0.2, 0) is 9.53 Å². The Bertz CT molecular complexity index is 847. The second-order valence-electron chi connectivity index (χ2n) is 6.85. The molecule has 1 aromatic rings. The van der Waals surface area contributed by atoms with Gasteiger partial charge in [-0.1, -0.05) is 49.2 Å². The number of allylic oxidation sites excluding steroid dienone is 3. The molecule has 2 N–H and O–H groups in total. The molecular formula is C18H16Cl2N2O2. The Morgan fingerprint density at radius 1 is 1.33 bits per heavy atom. The lowest BCUT2D eigenvalue weighted by molar-refractivity contribution is -0.119. The van der Waals surface area contributed by atoms with Crippen molar-refractivity contribution in [3.8, 4) is 6.07 Å². The van der Waals surface area contributed by atoms with Crippen LogP contribution in [0.2, 0.25) is 10.0 Å². The van der Waals surface area contributed by atoms with Crippen LogP contribution < -0.4 is 5.73 Å². The molecular weight excluding hydrogens is 347 g/mol. The highest BCUT2D eigenvalue weighted by Crippen LogP contribution is 2.49. The lowest BCUT2D eigenvalue weighted by atomic mass is 9.70. The maximum absolute atomic E-state index is 12.8. The Hall–Kier alpha value is -1.96. The Morgan fingerprint density at radius 3 is 2.71 bits per heavy atom. The molecule has 6 heteroatoms. The number of ketones is 1. The van der Waals surface area contributed by atoms with Crippen LogP contribution >= 0.6 is 23.2 Å². The van der Waals surface area contributed by atoms with E-state index in [0.29, 0.717) is 39.8 Å². The fourth-order valence-electron chi connectivity index (χ4n) is 3.34. The molecule has 0 saturated carbocycles. The molecule has 0 bridgehead atoms. The summed E-state index contributed by atoms with van der Waals surface area (Å²) in [4.78, 5) is 12.8. The quantitative estimate of drug-likeness (QED) is 0.800. The lowest BCUT2D eigenvalue weighted by Gasteiger charge is -2.37. The van der Waals surface area contributed by atoms with Gasteiger partial charge < -0.3 is 10.5 Å². The third kappa shape index (κ3) is 2.68. The van der Waals surface area contributed by atoms with E-state index >= 15 is 0 Å². The standard InChI is InChI=1S/C18H16Cl2N2O2/c1-18(2)6-12(23)15-13(7-18)24-17(22)10(8-21)14(15)9-4-3-5-11(19)16(9)20/h3-5,14H,6-7,22H2,1-2H3. The number of nitrogens with zero attached hydrogens (tertiary/aromatic N) is 1. The number of halogens is 2. The number of hydrogen-bond acceptors (Lipinski definition) is 4. The van der Waals surface area contributed by atoms with Gasteiger partial charge in [0.1, 0.15) is 17.4 Å². The summed E-state index contributed by atoms with van der Waals surface area (Å²) in [6, 6.07) is 7.22. The van der Waals surface area contributed by atoms with Gasteiger partial charge in [0.05, 0.1) is 16.0 Å². The molecule has 0 amide bonds. The van der Waals surface area contributed by atoms with Crippen LogP contribution in [0.15, 0.2) is 41.0 Å². The molecule has 1 atom stereocenters. The van der Waals surface area contributed by atoms with Crippen LogP contribution in [0.3, 0.4) is 0 Å². The zero-order valence-electron chi connectivity index (χ0n) is 13.3. The summed E-state index contributed by atoms with van der Waals surface area (Å²) in [5.41, 5.74) is 6.98. The first kappa shape index (κ1) is 16.9. The lowest BCUT2D eigenvalue weighted by Crippen LogP contribution is -2.33. The highest BCUT2D eigenvalue weighted by atomic mass is 35.5. The molecule has 0 aromatic heterocycles. The van der Waals surface area contributed by atoms with Crippen LogP contribution in [-0.4, -0.2) is 5.78 Å². The van der Waals surface area contributed by atoms with Crippen molar-refractivity contribution in [2.75, 3.05) is 0 Å². The van der Waals surface area contributed by atoms with E-state index in [0.717, 1.165) is 0 Å². The van der Waals surface area contributed by atoms with Crippen LogP contribution in [0, 0.1) is 16.7 Å². The molecule has 4 nitrogen and oxygen atoms in total. The van der Waals surface area contributed by atoms with Crippen LogP contribution in [0.25, 0.3) is 0 Å². The molecule has 0 radical (unpaired) electrons. The van der Waals surface area contributed by atoms with Crippen molar-refractivity contribution in [3.05, 3.63) is 56.6 Å². The highest BCUT2D eigenvalue weighted by molar-refractivity contribution is 6.42. The molecule has 1 unspecified atom stereocenters. The van der Waals surface area contributed by atoms with Crippen molar-refractivity contribution in [1.29, 1.82) is 5.26 Å². The van der Waals surface area contributed by atoms with Gasteiger partial charge in [-0.25, -0.2) is 0 Å². The van der Waals surface area contributed by atoms with Crippen molar-refractivity contribution < 1.29 is 9.53 Å². The minimum atomic E-state index is -0.645. The second-order valence-corrected chi connectivity index (χ2v) is 7.63. The number of rotatable bonds is 1. The second kappa shape index (κ2) is 5.84. The molecule has 124 valence electrons. The number of ether oxygens (including phenoxy) is 1. The van der Waals surface area contributed by atoms with E-state index in [9.17, 15) is 10.1 Å². The van der Waals surface area contributed by atoms with Crippen LogP contribution in [0.1, 0.15) is 38.2 Å². The normalized spacial score (nSPS) is 22.8. The molecule has 1 heterocycles. The number of hydrogen-bond donors (Lipinski definition) is 1. The summed E-state index contributed by atoms with van der Waals surface area (Å²) in [6.07, 6.45) is 0.949.